The van der Waals surface area contributed by atoms with Gasteiger partial charge < -0.3 is 4.90 Å². The minimum absolute atomic E-state index is 0.0970. The number of rotatable bonds is 4. The Hall–Kier alpha value is -2.21. The van der Waals surface area contributed by atoms with E-state index in [9.17, 15) is 9.59 Å². The van der Waals surface area contributed by atoms with Gasteiger partial charge in [0.2, 0.25) is 5.91 Å². The van der Waals surface area contributed by atoms with Crippen molar-refractivity contribution in [2.24, 2.45) is 0 Å². The van der Waals surface area contributed by atoms with Crippen molar-refractivity contribution < 1.29 is 9.59 Å². The SMILES string of the molecule is Cc1cc(C)cc(C(=O)N(CN2CCCC2=O)c2nccs2)c1. The van der Waals surface area contributed by atoms with Crippen molar-refractivity contribution in [3.8, 4) is 0 Å². The van der Waals surface area contributed by atoms with Gasteiger partial charge in [-0.2, -0.15) is 0 Å². The smallest absolute Gasteiger partial charge is 0.261 e. The maximum Gasteiger partial charge on any atom is 0.261 e. The number of aryl methyl sites for hydroxylation is 2. The summed E-state index contributed by atoms with van der Waals surface area (Å²) in [5.41, 5.74) is 2.72. The maximum absolute atomic E-state index is 13.0. The predicted molar refractivity (Wildman–Crippen MR) is 90.7 cm³/mol. The number of amides is 2. The van der Waals surface area contributed by atoms with Gasteiger partial charge in [-0.1, -0.05) is 17.2 Å². The first-order chi connectivity index (χ1) is 11.0. The second-order valence-corrected chi connectivity index (χ2v) is 6.70. The Balaban J connectivity index is 1.91. The lowest BCUT2D eigenvalue weighted by atomic mass is 10.1. The lowest BCUT2D eigenvalue weighted by Gasteiger charge is -2.26. The second-order valence-electron chi connectivity index (χ2n) is 5.83. The minimum Gasteiger partial charge on any atom is -0.324 e. The van der Waals surface area contributed by atoms with E-state index in [-0.39, 0.29) is 18.5 Å². The number of hydrogen-bond donors (Lipinski definition) is 0. The molecule has 0 atom stereocenters. The molecule has 0 aliphatic carbocycles. The third kappa shape index (κ3) is 3.42. The third-order valence-corrected chi connectivity index (χ3v) is 4.64. The number of likely N-dealkylation sites (tertiary alicyclic amines) is 1. The average Bonchev–Trinajstić information content (AvgIpc) is 3.15. The zero-order valence-corrected chi connectivity index (χ0v) is 14.1. The average molecular weight is 329 g/mol. The first kappa shape index (κ1) is 15.7. The van der Waals surface area contributed by atoms with E-state index < -0.39 is 0 Å². The Bertz CT molecular complexity index is 707. The number of aromatic nitrogens is 1. The van der Waals surface area contributed by atoms with Crippen molar-refractivity contribution in [2.45, 2.75) is 26.7 Å². The van der Waals surface area contributed by atoms with Crippen molar-refractivity contribution in [1.29, 1.82) is 0 Å². The van der Waals surface area contributed by atoms with E-state index in [0.717, 1.165) is 17.5 Å². The van der Waals surface area contributed by atoms with Crippen molar-refractivity contribution >= 4 is 28.3 Å². The molecule has 23 heavy (non-hydrogen) atoms. The zero-order valence-electron chi connectivity index (χ0n) is 13.3. The van der Waals surface area contributed by atoms with Crippen LogP contribution in [0, 0.1) is 13.8 Å². The molecule has 0 radical (unpaired) electrons. The molecule has 6 heteroatoms. The monoisotopic (exact) mass is 329 g/mol. The number of hydrogen-bond acceptors (Lipinski definition) is 4. The van der Waals surface area contributed by atoms with E-state index in [0.29, 0.717) is 23.7 Å². The Morgan fingerprint density at radius 3 is 2.61 bits per heavy atom. The fourth-order valence-corrected chi connectivity index (χ4v) is 3.47. The van der Waals surface area contributed by atoms with Crippen LogP contribution >= 0.6 is 11.3 Å². The van der Waals surface area contributed by atoms with Crippen molar-refractivity contribution in [1.82, 2.24) is 9.88 Å². The van der Waals surface area contributed by atoms with Crippen LogP contribution in [0.1, 0.15) is 34.3 Å². The van der Waals surface area contributed by atoms with Gasteiger partial charge in [0.25, 0.3) is 5.91 Å². The van der Waals surface area contributed by atoms with Gasteiger partial charge in [-0.15, -0.1) is 11.3 Å². The van der Waals surface area contributed by atoms with Crippen LogP contribution in [0.15, 0.2) is 29.8 Å². The highest BCUT2D eigenvalue weighted by atomic mass is 32.1. The molecule has 1 aromatic heterocycles. The van der Waals surface area contributed by atoms with Crippen molar-refractivity contribution in [2.75, 3.05) is 18.1 Å². The Morgan fingerprint density at radius 2 is 2.04 bits per heavy atom. The fourth-order valence-electron chi connectivity index (χ4n) is 2.84. The van der Waals surface area contributed by atoms with E-state index in [1.165, 1.54) is 11.3 Å². The molecule has 5 nitrogen and oxygen atoms in total. The van der Waals surface area contributed by atoms with Crippen LogP contribution in [-0.4, -0.2) is 34.9 Å². The summed E-state index contributed by atoms with van der Waals surface area (Å²) in [7, 11) is 0. The number of thiazole rings is 1. The number of carbonyl (C=O) groups is 2. The van der Waals surface area contributed by atoms with Crippen LogP contribution in [0.3, 0.4) is 0 Å². The summed E-state index contributed by atoms with van der Waals surface area (Å²) in [6.45, 7) is 4.90. The molecule has 1 fully saturated rings. The summed E-state index contributed by atoms with van der Waals surface area (Å²) in [5.74, 6) is -0.0220. The third-order valence-electron chi connectivity index (χ3n) is 3.85. The molecule has 1 saturated heterocycles. The second kappa shape index (κ2) is 6.50. The molecule has 2 heterocycles. The summed E-state index contributed by atoms with van der Waals surface area (Å²) in [5, 5.41) is 2.46. The largest absolute Gasteiger partial charge is 0.324 e. The van der Waals surface area contributed by atoms with E-state index in [1.54, 1.807) is 16.0 Å². The maximum atomic E-state index is 13.0. The number of carbonyl (C=O) groups excluding carboxylic acids is 2. The standard InChI is InChI=1S/C17H19N3O2S/c1-12-8-13(2)10-14(9-12)16(22)20(17-18-5-7-23-17)11-19-6-3-4-15(19)21/h5,7-10H,3-4,6,11H2,1-2H3. The molecule has 120 valence electrons. The van der Waals surface area contributed by atoms with Gasteiger partial charge in [0.15, 0.2) is 5.13 Å². The Labute approximate surface area is 139 Å². The van der Waals surface area contributed by atoms with Gasteiger partial charge in [-0.05, 0) is 32.4 Å². The Morgan fingerprint density at radius 1 is 1.30 bits per heavy atom. The first-order valence-electron chi connectivity index (χ1n) is 7.62. The molecule has 0 saturated carbocycles. The molecule has 1 aliphatic rings. The quantitative estimate of drug-likeness (QED) is 0.866. The minimum atomic E-state index is -0.119. The van der Waals surface area contributed by atoms with Crippen LogP contribution in [0.5, 0.6) is 0 Å². The highest BCUT2D eigenvalue weighted by Gasteiger charge is 2.27. The molecule has 0 bridgehead atoms. The highest BCUT2D eigenvalue weighted by Crippen LogP contribution is 2.23. The summed E-state index contributed by atoms with van der Waals surface area (Å²) < 4.78 is 0. The molecular formula is C17H19N3O2S. The number of anilines is 1. The van der Waals surface area contributed by atoms with Crippen LogP contribution in [-0.2, 0) is 4.79 Å². The number of nitrogens with zero attached hydrogens (tertiary/aromatic N) is 3. The molecule has 0 N–H and O–H groups in total. The molecule has 0 unspecified atom stereocenters. The first-order valence-corrected chi connectivity index (χ1v) is 8.50. The summed E-state index contributed by atoms with van der Waals surface area (Å²) >= 11 is 1.40. The molecule has 2 amide bonds. The lowest BCUT2D eigenvalue weighted by molar-refractivity contribution is -0.127. The molecule has 3 rings (SSSR count). The van der Waals surface area contributed by atoms with Gasteiger partial charge in [0.1, 0.15) is 6.67 Å². The van der Waals surface area contributed by atoms with Crippen molar-refractivity contribution in [3.63, 3.8) is 0 Å². The predicted octanol–water partition coefficient (Wildman–Crippen LogP) is 2.99. The lowest BCUT2D eigenvalue weighted by Crippen LogP contribution is -2.42. The molecule has 2 aromatic rings. The highest BCUT2D eigenvalue weighted by molar-refractivity contribution is 7.13. The van der Waals surface area contributed by atoms with E-state index >= 15 is 0 Å². The van der Waals surface area contributed by atoms with Crippen molar-refractivity contribution in [3.05, 3.63) is 46.5 Å². The molecule has 1 aliphatic heterocycles. The molecular weight excluding hydrogens is 310 g/mol. The van der Waals surface area contributed by atoms with Gasteiger partial charge in [-0.3, -0.25) is 14.5 Å². The van der Waals surface area contributed by atoms with E-state index in [4.69, 9.17) is 0 Å². The zero-order chi connectivity index (χ0) is 16.4. The molecule has 0 spiro atoms. The van der Waals surface area contributed by atoms with Crippen LogP contribution < -0.4 is 4.90 Å². The van der Waals surface area contributed by atoms with Gasteiger partial charge >= 0.3 is 0 Å². The van der Waals surface area contributed by atoms with Crippen LogP contribution in [0.25, 0.3) is 0 Å². The topological polar surface area (TPSA) is 53.5 Å². The number of benzene rings is 1. The Kier molecular flexibility index (Phi) is 4.43. The van der Waals surface area contributed by atoms with Gasteiger partial charge in [-0.25, -0.2) is 4.98 Å². The normalized spacial score (nSPS) is 14.3. The van der Waals surface area contributed by atoms with Gasteiger partial charge in [0.05, 0.1) is 0 Å². The summed E-state index contributed by atoms with van der Waals surface area (Å²) in [6.07, 6.45) is 3.08. The molecule has 1 aromatic carbocycles. The van der Waals surface area contributed by atoms with Crippen LogP contribution in [0.4, 0.5) is 5.13 Å². The van der Waals surface area contributed by atoms with E-state index in [2.05, 4.69) is 4.98 Å². The summed E-state index contributed by atoms with van der Waals surface area (Å²) in [6, 6.07) is 5.79. The van der Waals surface area contributed by atoms with Crippen LogP contribution in [0.2, 0.25) is 0 Å². The van der Waals surface area contributed by atoms with Gasteiger partial charge in [0, 0.05) is 30.1 Å². The fraction of sp³-hybridized carbons (Fsp3) is 0.353. The summed E-state index contributed by atoms with van der Waals surface area (Å²) in [4.78, 5) is 32.5. The van der Waals surface area contributed by atoms with E-state index in [1.807, 2.05) is 37.4 Å².